The topological polar surface area (TPSA) is 12.0 Å². The normalized spacial score (nSPS) is 26.3. The van der Waals surface area contributed by atoms with Crippen LogP contribution in [0, 0.1) is 11.8 Å². The van der Waals surface area contributed by atoms with Crippen molar-refractivity contribution < 1.29 is 0 Å². The van der Waals surface area contributed by atoms with Gasteiger partial charge in [-0.3, -0.25) is 0 Å². The Kier molecular flexibility index (Phi) is 7.92. The molecule has 0 aromatic carbocycles. The van der Waals surface area contributed by atoms with E-state index >= 15 is 0 Å². The van der Waals surface area contributed by atoms with Crippen LogP contribution in [0.2, 0.25) is 0 Å². The van der Waals surface area contributed by atoms with E-state index in [9.17, 15) is 0 Å². The highest BCUT2D eigenvalue weighted by atomic mass is 14.9. The first-order valence-electron chi connectivity index (χ1n) is 8.03. The zero-order chi connectivity index (χ0) is 12.5. The predicted molar refractivity (Wildman–Crippen MR) is 77.3 cm³/mol. The van der Waals surface area contributed by atoms with Crippen molar-refractivity contribution in [3.63, 3.8) is 0 Å². The number of rotatable bonds is 9. The molecule has 0 spiro atoms. The minimum absolute atomic E-state index is 0.810. The lowest BCUT2D eigenvalue weighted by Gasteiger charge is -2.28. The lowest BCUT2D eigenvalue weighted by molar-refractivity contribution is 0.278. The van der Waals surface area contributed by atoms with Crippen molar-refractivity contribution in [1.82, 2.24) is 5.32 Å². The highest BCUT2D eigenvalue weighted by Crippen LogP contribution is 2.35. The molecule has 1 aliphatic carbocycles. The van der Waals surface area contributed by atoms with Gasteiger partial charge in [-0.05, 0) is 37.6 Å². The van der Waals surface area contributed by atoms with Gasteiger partial charge in [0.25, 0.3) is 0 Å². The Morgan fingerprint density at radius 2 is 1.88 bits per heavy atom. The van der Waals surface area contributed by atoms with Crippen LogP contribution in [0.3, 0.4) is 0 Å². The van der Waals surface area contributed by atoms with Crippen molar-refractivity contribution in [2.75, 3.05) is 6.54 Å². The molecule has 0 heterocycles. The maximum atomic E-state index is 3.82. The summed E-state index contributed by atoms with van der Waals surface area (Å²) in [4.78, 5) is 0. The summed E-state index contributed by atoms with van der Waals surface area (Å²) in [7, 11) is 0. The monoisotopic (exact) mass is 239 g/mol. The SMILES string of the molecule is CCCCCCC(NCCC)C1CCCC1C. The summed E-state index contributed by atoms with van der Waals surface area (Å²) in [5, 5.41) is 3.82. The molecule has 1 saturated carbocycles. The van der Waals surface area contributed by atoms with Crippen LogP contribution in [0.4, 0.5) is 0 Å². The van der Waals surface area contributed by atoms with Gasteiger partial charge < -0.3 is 5.32 Å². The smallest absolute Gasteiger partial charge is 0.00978 e. The van der Waals surface area contributed by atoms with Crippen LogP contribution in [-0.4, -0.2) is 12.6 Å². The zero-order valence-corrected chi connectivity index (χ0v) is 12.3. The van der Waals surface area contributed by atoms with Gasteiger partial charge in [-0.2, -0.15) is 0 Å². The number of hydrogen-bond donors (Lipinski definition) is 1. The molecule has 1 rings (SSSR count). The third kappa shape index (κ3) is 5.42. The molecule has 3 atom stereocenters. The van der Waals surface area contributed by atoms with Gasteiger partial charge in [-0.15, -0.1) is 0 Å². The number of unbranched alkanes of at least 4 members (excludes halogenated alkanes) is 3. The van der Waals surface area contributed by atoms with Gasteiger partial charge in [-0.1, -0.05) is 59.3 Å². The van der Waals surface area contributed by atoms with Crippen LogP contribution in [0.25, 0.3) is 0 Å². The Labute approximate surface area is 109 Å². The average molecular weight is 239 g/mol. The van der Waals surface area contributed by atoms with Gasteiger partial charge in [0.1, 0.15) is 0 Å². The molecule has 0 radical (unpaired) electrons. The van der Waals surface area contributed by atoms with E-state index in [1.54, 1.807) is 0 Å². The lowest BCUT2D eigenvalue weighted by Crippen LogP contribution is -2.37. The maximum Gasteiger partial charge on any atom is 0.00978 e. The molecule has 0 aromatic heterocycles. The van der Waals surface area contributed by atoms with Gasteiger partial charge in [0.2, 0.25) is 0 Å². The largest absolute Gasteiger partial charge is 0.314 e. The van der Waals surface area contributed by atoms with Crippen molar-refractivity contribution in [2.24, 2.45) is 11.8 Å². The van der Waals surface area contributed by atoms with E-state index in [0.717, 1.165) is 17.9 Å². The van der Waals surface area contributed by atoms with E-state index in [0.29, 0.717) is 0 Å². The molecular formula is C16H33N. The third-order valence-electron chi connectivity index (χ3n) is 4.47. The van der Waals surface area contributed by atoms with Crippen LogP contribution in [-0.2, 0) is 0 Å². The van der Waals surface area contributed by atoms with Crippen LogP contribution in [0.15, 0.2) is 0 Å². The van der Waals surface area contributed by atoms with Gasteiger partial charge in [0, 0.05) is 6.04 Å². The highest BCUT2D eigenvalue weighted by Gasteiger charge is 2.29. The fourth-order valence-corrected chi connectivity index (χ4v) is 3.36. The first-order valence-corrected chi connectivity index (χ1v) is 8.03. The molecule has 1 heteroatoms. The second-order valence-corrected chi connectivity index (χ2v) is 5.98. The minimum atomic E-state index is 0.810. The molecule has 1 aliphatic rings. The summed E-state index contributed by atoms with van der Waals surface area (Å²) in [5.41, 5.74) is 0. The second-order valence-electron chi connectivity index (χ2n) is 5.98. The summed E-state index contributed by atoms with van der Waals surface area (Å²) in [6.07, 6.45) is 12.7. The molecule has 0 saturated heterocycles. The van der Waals surface area contributed by atoms with E-state index in [-0.39, 0.29) is 0 Å². The second kappa shape index (κ2) is 8.97. The van der Waals surface area contributed by atoms with Crippen LogP contribution in [0.5, 0.6) is 0 Å². The molecule has 3 unspecified atom stereocenters. The van der Waals surface area contributed by atoms with Crippen LogP contribution < -0.4 is 5.32 Å². The first kappa shape index (κ1) is 15.0. The molecule has 0 bridgehead atoms. The standard InChI is InChI=1S/C16H33N/c1-4-6-7-8-12-16(17-13-5-2)15-11-9-10-14(15)3/h14-17H,4-13H2,1-3H3. The molecule has 0 aromatic rings. The van der Waals surface area contributed by atoms with Crippen molar-refractivity contribution in [3.05, 3.63) is 0 Å². The molecule has 17 heavy (non-hydrogen) atoms. The zero-order valence-electron chi connectivity index (χ0n) is 12.3. The van der Waals surface area contributed by atoms with Crippen molar-refractivity contribution in [3.8, 4) is 0 Å². The molecule has 0 amide bonds. The molecule has 1 nitrogen and oxygen atoms in total. The average Bonchev–Trinajstić information content (AvgIpc) is 2.75. The van der Waals surface area contributed by atoms with Crippen LogP contribution in [0.1, 0.15) is 78.6 Å². The fraction of sp³-hybridized carbons (Fsp3) is 1.00. The summed E-state index contributed by atoms with van der Waals surface area (Å²) in [6, 6.07) is 0.810. The Balaban J connectivity index is 2.31. The van der Waals surface area contributed by atoms with Gasteiger partial charge in [-0.25, -0.2) is 0 Å². The minimum Gasteiger partial charge on any atom is -0.314 e. The van der Waals surface area contributed by atoms with E-state index in [1.165, 1.54) is 64.3 Å². The Morgan fingerprint density at radius 1 is 1.06 bits per heavy atom. The molecule has 0 aliphatic heterocycles. The predicted octanol–water partition coefficient (Wildman–Crippen LogP) is 4.76. The summed E-state index contributed by atoms with van der Waals surface area (Å²) >= 11 is 0. The van der Waals surface area contributed by atoms with Gasteiger partial charge >= 0.3 is 0 Å². The van der Waals surface area contributed by atoms with Crippen molar-refractivity contribution in [2.45, 2.75) is 84.6 Å². The highest BCUT2D eigenvalue weighted by molar-refractivity contribution is 4.84. The quantitative estimate of drug-likeness (QED) is 0.572. The Morgan fingerprint density at radius 3 is 2.47 bits per heavy atom. The fourth-order valence-electron chi connectivity index (χ4n) is 3.36. The summed E-state index contributed by atoms with van der Waals surface area (Å²) in [5.74, 6) is 1.92. The van der Waals surface area contributed by atoms with Gasteiger partial charge in [0.05, 0.1) is 0 Å². The maximum absolute atomic E-state index is 3.82. The first-order chi connectivity index (χ1) is 8.29. The third-order valence-corrected chi connectivity index (χ3v) is 4.47. The molecule has 1 N–H and O–H groups in total. The van der Waals surface area contributed by atoms with Crippen molar-refractivity contribution in [1.29, 1.82) is 0 Å². The number of nitrogens with one attached hydrogen (secondary N) is 1. The summed E-state index contributed by atoms with van der Waals surface area (Å²) < 4.78 is 0. The number of hydrogen-bond acceptors (Lipinski definition) is 1. The van der Waals surface area contributed by atoms with E-state index < -0.39 is 0 Å². The lowest BCUT2D eigenvalue weighted by atomic mass is 9.87. The Bertz CT molecular complexity index is 178. The van der Waals surface area contributed by atoms with Crippen molar-refractivity contribution >= 4 is 0 Å². The molecule has 102 valence electrons. The molecular weight excluding hydrogens is 206 g/mol. The van der Waals surface area contributed by atoms with Gasteiger partial charge in [0.15, 0.2) is 0 Å². The molecule has 1 fully saturated rings. The Hall–Kier alpha value is -0.0400. The van der Waals surface area contributed by atoms with Crippen LogP contribution >= 0.6 is 0 Å². The van der Waals surface area contributed by atoms with E-state index in [2.05, 4.69) is 26.1 Å². The van der Waals surface area contributed by atoms with E-state index in [1.807, 2.05) is 0 Å². The van der Waals surface area contributed by atoms with E-state index in [4.69, 9.17) is 0 Å². The summed E-state index contributed by atoms with van der Waals surface area (Å²) in [6.45, 7) is 8.25.